The van der Waals surface area contributed by atoms with Crippen molar-refractivity contribution in [1.82, 2.24) is 0 Å². The van der Waals surface area contributed by atoms with Gasteiger partial charge in [-0.1, -0.05) is 0 Å². The van der Waals surface area contributed by atoms with Crippen molar-refractivity contribution in [1.29, 1.82) is 0 Å². The fraction of sp³-hybridized carbons (Fsp3) is 1.00. The molecule has 0 aromatic carbocycles. The Morgan fingerprint density at radius 2 is 2.29 bits per heavy atom. The monoisotopic (exact) mass is 486 g/mol. The Kier molecular flexibility index (Phi) is 17.0. The normalized spacial score (nSPS) is 11.1. The van der Waals surface area contributed by atoms with Crippen molar-refractivity contribution in [3.05, 3.63) is 5.73 Å². The molecule has 0 unspecified atom stereocenters. The van der Waals surface area contributed by atoms with Crippen LogP contribution in [0.4, 0.5) is 0 Å². The second-order valence-electron chi connectivity index (χ2n) is 0.620. The predicted molar refractivity (Wildman–Crippen MR) is 22.3 cm³/mol. The molecule has 0 aliphatic rings. The molecule has 0 aromatic rings. The van der Waals surface area contributed by atoms with Gasteiger partial charge in [-0.15, -0.1) is 0 Å². The van der Waals surface area contributed by atoms with E-state index in [1.807, 2.05) is 0 Å². The SMILES string of the molecule is [Au].[NH-]CC[N]=[Au][Cl]. The van der Waals surface area contributed by atoms with Crippen LogP contribution in [0.2, 0.25) is 0 Å². The van der Waals surface area contributed by atoms with E-state index in [9.17, 15) is 0 Å². The Morgan fingerprint density at radius 3 is 2.43 bits per heavy atom. The Balaban J connectivity index is 0. The Morgan fingerprint density at radius 1 is 1.71 bits per heavy atom. The van der Waals surface area contributed by atoms with Crippen LogP contribution in [0, 0.1) is 0 Å². The van der Waals surface area contributed by atoms with E-state index in [-0.39, 0.29) is 40.9 Å². The molecule has 0 spiro atoms. The molecule has 0 aromatic heterocycles. The third-order valence-electron chi connectivity index (χ3n) is 0.215. The van der Waals surface area contributed by atoms with Gasteiger partial charge in [0.25, 0.3) is 0 Å². The number of hydrogen-bond donors (Lipinski definition) is 0. The maximum absolute atomic E-state index is 6.57. The number of halogens is 1. The summed E-state index contributed by atoms with van der Waals surface area (Å²) in [6.07, 6.45) is 0. The molecule has 53 valence electrons. The average Bonchev–Trinajstić information content (AvgIpc) is 1.61. The topological polar surface area (TPSA) is 36.2 Å². The molecule has 0 bridgehead atoms. The molecule has 1 N–H and O–H groups in total. The van der Waals surface area contributed by atoms with E-state index in [2.05, 4.69) is 3.34 Å². The van der Waals surface area contributed by atoms with Crippen molar-refractivity contribution in [2.45, 2.75) is 0 Å². The van der Waals surface area contributed by atoms with Crippen LogP contribution in [0.25, 0.3) is 5.73 Å². The molecule has 7 heavy (non-hydrogen) atoms. The van der Waals surface area contributed by atoms with Gasteiger partial charge in [0.2, 0.25) is 0 Å². The first-order chi connectivity index (χ1) is 2.91. The fourth-order valence-corrected chi connectivity index (χ4v) is 0.902. The average molecular weight is 486 g/mol. The number of nitrogens with zero attached hydrogens (tertiary/aromatic N) is 1. The van der Waals surface area contributed by atoms with Crippen LogP contribution in [-0.2, 0) is 40.9 Å². The van der Waals surface area contributed by atoms with E-state index in [0.29, 0.717) is 13.1 Å². The molecule has 0 aliphatic heterocycles. The molecule has 0 fully saturated rings. The maximum atomic E-state index is 6.57. The van der Waals surface area contributed by atoms with E-state index in [1.165, 1.54) is 0 Å². The summed E-state index contributed by atoms with van der Waals surface area (Å²) >= 11 is -0.334. The first-order valence-corrected chi connectivity index (χ1v) is 5.07. The van der Waals surface area contributed by atoms with Gasteiger partial charge in [0.05, 0.1) is 0 Å². The summed E-state index contributed by atoms with van der Waals surface area (Å²) in [5.74, 6) is 0. The minimum atomic E-state index is -0.334. The zero-order valence-corrected chi connectivity index (χ0v) is 8.43. The van der Waals surface area contributed by atoms with Gasteiger partial charge in [0.1, 0.15) is 0 Å². The summed E-state index contributed by atoms with van der Waals surface area (Å²) in [6.45, 7) is 0.994. The molecule has 0 atom stereocenters. The molecule has 0 heterocycles. The molecular weight excluding hydrogens is 481 g/mol. The van der Waals surface area contributed by atoms with Crippen molar-refractivity contribution >= 4 is 9.19 Å². The van der Waals surface area contributed by atoms with Crippen LogP contribution in [0.3, 0.4) is 0 Å². The van der Waals surface area contributed by atoms with Gasteiger partial charge in [0.15, 0.2) is 0 Å². The first-order valence-electron chi connectivity index (χ1n) is 1.42. The molecule has 0 saturated heterocycles. The van der Waals surface area contributed by atoms with Gasteiger partial charge >= 0.3 is 49.8 Å². The zero-order chi connectivity index (χ0) is 4.83. The molecular formula is C2H5Au2ClN2-. The molecule has 0 amide bonds. The van der Waals surface area contributed by atoms with Crippen molar-refractivity contribution in [2.75, 3.05) is 13.1 Å². The van der Waals surface area contributed by atoms with Crippen LogP contribution in [0.1, 0.15) is 0 Å². The Hall–Kier alpha value is 1.53. The van der Waals surface area contributed by atoms with Crippen LogP contribution >= 0.6 is 9.19 Å². The second kappa shape index (κ2) is 10.5. The van der Waals surface area contributed by atoms with Crippen LogP contribution in [-0.4, -0.2) is 13.1 Å². The van der Waals surface area contributed by atoms with E-state index in [1.54, 1.807) is 0 Å². The number of nitrogens with one attached hydrogen (secondary N) is 1. The second-order valence-corrected chi connectivity index (χ2v) is 2.51. The first kappa shape index (κ1) is 11.3. The fourth-order valence-electron chi connectivity index (χ4n) is 0.0592. The van der Waals surface area contributed by atoms with Gasteiger partial charge in [-0.2, -0.15) is 0 Å². The van der Waals surface area contributed by atoms with Crippen molar-refractivity contribution in [3.8, 4) is 0 Å². The van der Waals surface area contributed by atoms with Crippen molar-refractivity contribution < 1.29 is 40.9 Å². The third-order valence-corrected chi connectivity index (χ3v) is 1.55. The van der Waals surface area contributed by atoms with Crippen LogP contribution < -0.4 is 0 Å². The van der Waals surface area contributed by atoms with E-state index < -0.39 is 0 Å². The van der Waals surface area contributed by atoms with Gasteiger partial charge in [-0.3, -0.25) is 0 Å². The number of rotatable bonds is 2. The minimum absolute atomic E-state index is 0. The summed E-state index contributed by atoms with van der Waals surface area (Å²) < 4.78 is 3.77. The summed E-state index contributed by atoms with van der Waals surface area (Å²) in [7, 11) is 5.23. The number of hydrogen-bond acceptors (Lipinski definition) is 1. The van der Waals surface area contributed by atoms with E-state index in [0.717, 1.165) is 0 Å². The quantitative estimate of drug-likeness (QED) is 0.531. The summed E-state index contributed by atoms with van der Waals surface area (Å²) in [5, 5.41) is 0. The van der Waals surface area contributed by atoms with Gasteiger partial charge < -0.3 is 0 Å². The van der Waals surface area contributed by atoms with Crippen LogP contribution in [0.5, 0.6) is 0 Å². The third kappa shape index (κ3) is 11.2. The van der Waals surface area contributed by atoms with E-state index in [4.69, 9.17) is 14.9 Å². The summed E-state index contributed by atoms with van der Waals surface area (Å²) in [6, 6.07) is 0. The molecule has 2 nitrogen and oxygen atoms in total. The molecule has 0 rings (SSSR count). The molecule has 1 radical (unpaired) electrons. The van der Waals surface area contributed by atoms with Crippen molar-refractivity contribution in [3.63, 3.8) is 0 Å². The van der Waals surface area contributed by atoms with Crippen LogP contribution in [0.15, 0.2) is 3.34 Å². The molecule has 0 aliphatic carbocycles. The molecule has 5 heteroatoms. The van der Waals surface area contributed by atoms with Gasteiger partial charge in [-0.25, -0.2) is 0 Å². The molecule has 0 saturated carbocycles. The van der Waals surface area contributed by atoms with Gasteiger partial charge in [-0.05, 0) is 0 Å². The van der Waals surface area contributed by atoms with Crippen molar-refractivity contribution in [2.24, 2.45) is 3.34 Å². The summed E-state index contributed by atoms with van der Waals surface area (Å²) in [5.41, 5.74) is 6.57. The van der Waals surface area contributed by atoms with E-state index >= 15 is 0 Å². The Labute approximate surface area is 71.7 Å². The Bertz CT molecular complexity index is 49.0. The standard InChI is InChI=1S/C2H5N2.2Au.ClH/c3-1-2-4;;;/h3H,1-2H2;;;1H/q-1;;+1;/p-1. The zero-order valence-electron chi connectivity index (χ0n) is 3.34. The predicted octanol–water partition coefficient (Wildman–Crippen LogP) is 1.46. The van der Waals surface area contributed by atoms with Gasteiger partial charge in [0, 0.05) is 22.4 Å². The summed E-state index contributed by atoms with van der Waals surface area (Å²) in [4.78, 5) is 0.